The average molecular weight is 254 g/mol. The van der Waals surface area contributed by atoms with Crippen LogP contribution in [0.5, 0.6) is 0 Å². The molecule has 1 aromatic rings. The standard InChI is InChI=1S/C13H19FN2O2/c1-9(2)7-13(3,18)8-15-12(17)10-5-4-6-11(14)16-10/h4-6,9,18H,7-8H2,1-3H3,(H,15,17). The summed E-state index contributed by atoms with van der Waals surface area (Å²) in [7, 11) is 0. The third-order valence-corrected chi connectivity index (χ3v) is 2.43. The topological polar surface area (TPSA) is 62.2 Å². The summed E-state index contributed by atoms with van der Waals surface area (Å²) in [6.07, 6.45) is 0.573. The molecular weight excluding hydrogens is 235 g/mol. The van der Waals surface area contributed by atoms with Gasteiger partial charge in [-0.15, -0.1) is 0 Å². The molecule has 1 atom stereocenters. The van der Waals surface area contributed by atoms with Gasteiger partial charge in [0, 0.05) is 6.54 Å². The molecule has 0 fully saturated rings. The van der Waals surface area contributed by atoms with Crippen LogP contribution in [0, 0.1) is 11.9 Å². The van der Waals surface area contributed by atoms with Crippen LogP contribution < -0.4 is 5.32 Å². The van der Waals surface area contributed by atoms with Gasteiger partial charge >= 0.3 is 0 Å². The predicted molar refractivity (Wildman–Crippen MR) is 66.6 cm³/mol. The molecule has 18 heavy (non-hydrogen) atoms. The fraction of sp³-hybridized carbons (Fsp3) is 0.538. The minimum Gasteiger partial charge on any atom is -0.388 e. The molecule has 100 valence electrons. The third kappa shape index (κ3) is 4.79. The van der Waals surface area contributed by atoms with Gasteiger partial charge in [0.15, 0.2) is 0 Å². The molecule has 0 aliphatic carbocycles. The van der Waals surface area contributed by atoms with Crippen LogP contribution >= 0.6 is 0 Å². The zero-order chi connectivity index (χ0) is 13.8. The Kier molecular flexibility index (Phi) is 4.78. The Labute approximate surface area is 106 Å². The van der Waals surface area contributed by atoms with Gasteiger partial charge in [-0.05, 0) is 31.4 Å². The van der Waals surface area contributed by atoms with E-state index >= 15 is 0 Å². The number of hydrogen-bond acceptors (Lipinski definition) is 3. The van der Waals surface area contributed by atoms with E-state index in [1.54, 1.807) is 6.92 Å². The number of carbonyl (C=O) groups excluding carboxylic acids is 1. The summed E-state index contributed by atoms with van der Waals surface area (Å²) < 4.78 is 12.8. The van der Waals surface area contributed by atoms with Gasteiger partial charge < -0.3 is 10.4 Å². The van der Waals surface area contributed by atoms with Crippen molar-refractivity contribution in [2.24, 2.45) is 5.92 Å². The number of amides is 1. The Bertz CT molecular complexity index is 419. The Morgan fingerprint density at radius 2 is 2.22 bits per heavy atom. The summed E-state index contributed by atoms with van der Waals surface area (Å²) in [6.45, 7) is 5.75. The van der Waals surface area contributed by atoms with Crippen molar-refractivity contribution in [3.63, 3.8) is 0 Å². The second kappa shape index (κ2) is 5.91. The van der Waals surface area contributed by atoms with Crippen LogP contribution in [0.2, 0.25) is 0 Å². The summed E-state index contributed by atoms with van der Waals surface area (Å²) in [5.74, 6) is -0.862. The zero-order valence-electron chi connectivity index (χ0n) is 10.9. The van der Waals surface area contributed by atoms with Crippen LogP contribution in [0.3, 0.4) is 0 Å². The maximum absolute atomic E-state index is 12.8. The van der Waals surface area contributed by atoms with E-state index in [0.717, 1.165) is 0 Å². The number of carbonyl (C=O) groups is 1. The molecule has 0 aliphatic heterocycles. The van der Waals surface area contributed by atoms with Crippen molar-refractivity contribution < 1.29 is 14.3 Å². The van der Waals surface area contributed by atoms with E-state index < -0.39 is 17.5 Å². The molecule has 0 spiro atoms. The lowest BCUT2D eigenvalue weighted by molar-refractivity contribution is 0.0367. The number of aromatic nitrogens is 1. The van der Waals surface area contributed by atoms with E-state index in [-0.39, 0.29) is 12.2 Å². The fourth-order valence-electron chi connectivity index (χ4n) is 1.85. The van der Waals surface area contributed by atoms with Crippen LogP contribution in [0.15, 0.2) is 18.2 Å². The van der Waals surface area contributed by atoms with Crippen LogP contribution in [-0.2, 0) is 0 Å². The van der Waals surface area contributed by atoms with Crippen LogP contribution in [0.4, 0.5) is 4.39 Å². The largest absolute Gasteiger partial charge is 0.388 e. The lowest BCUT2D eigenvalue weighted by atomic mass is 9.94. The number of hydrogen-bond donors (Lipinski definition) is 2. The van der Waals surface area contributed by atoms with Crippen molar-refractivity contribution in [3.8, 4) is 0 Å². The van der Waals surface area contributed by atoms with Crippen LogP contribution in [0.1, 0.15) is 37.7 Å². The number of halogens is 1. The molecule has 0 saturated carbocycles. The first-order chi connectivity index (χ1) is 8.30. The molecule has 0 aliphatic rings. The van der Waals surface area contributed by atoms with E-state index in [9.17, 15) is 14.3 Å². The minimum absolute atomic E-state index is 0.00958. The monoisotopic (exact) mass is 254 g/mol. The highest BCUT2D eigenvalue weighted by atomic mass is 19.1. The van der Waals surface area contributed by atoms with Gasteiger partial charge in [-0.2, -0.15) is 4.39 Å². The molecule has 0 bridgehead atoms. The van der Waals surface area contributed by atoms with Gasteiger partial charge in [0.2, 0.25) is 5.95 Å². The normalized spacial score (nSPS) is 14.3. The molecule has 1 amide bonds. The molecule has 0 saturated heterocycles. The highest BCUT2D eigenvalue weighted by molar-refractivity contribution is 5.92. The Morgan fingerprint density at radius 3 is 2.78 bits per heavy atom. The quantitative estimate of drug-likeness (QED) is 0.787. The van der Waals surface area contributed by atoms with E-state index in [4.69, 9.17) is 0 Å². The predicted octanol–water partition coefficient (Wildman–Crippen LogP) is 1.75. The first-order valence-corrected chi connectivity index (χ1v) is 5.93. The molecule has 1 aromatic heterocycles. The molecule has 2 N–H and O–H groups in total. The number of pyridine rings is 1. The number of nitrogens with one attached hydrogen (secondary N) is 1. The van der Waals surface area contributed by atoms with E-state index in [1.807, 2.05) is 13.8 Å². The van der Waals surface area contributed by atoms with Crippen LogP contribution in [-0.4, -0.2) is 28.1 Å². The highest BCUT2D eigenvalue weighted by Gasteiger charge is 2.23. The molecule has 1 heterocycles. The smallest absolute Gasteiger partial charge is 0.270 e. The Hall–Kier alpha value is -1.49. The fourth-order valence-corrected chi connectivity index (χ4v) is 1.85. The second-order valence-corrected chi connectivity index (χ2v) is 5.12. The summed E-state index contributed by atoms with van der Waals surface area (Å²) in [6, 6.07) is 4.02. The lowest BCUT2D eigenvalue weighted by Gasteiger charge is -2.25. The molecule has 5 heteroatoms. The van der Waals surface area contributed by atoms with E-state index in [2.05, 4.69) is 10.3 Å². The maximum atomic E-state index is 12.8. The lowest BCUT2D eigenvalue weighted by Crippen LogP contribution is -2.41. The number of rotatable bonds is 5. The minimum atomic E-state index is -0.975. The summed E-state index contributed by atoms with van der Waals surface area (Å²) >= 11 is 0. The van der Waals surface area contributed by atoms with Crippen molar-refractivity contribution in [1.29, 1.82) is 0 Å². The average Bonchev–Trinajstić information content (AvgIpc) is 2.24. The Morgan fingerprint density at radius 1 is 1.56 bits per heavy atom. The number of aliphatic hydroxyl groups is 1. The molecule has 1 rings (SSSR count). The SMILES string of the molecule is CC(C)CC(C)(O)CNC(=O)c1cccc(F)n1. The highest BCUT2D eigenvalue weighted by Crippen LogP contribution is 2.15. The Balaban J connectivity index is 2.56. The van der Waals surface area contributed by atoms with Crippen molar-refractivity contribution in [3.05, 3.63) is 29.8 Å². The molecule has 0 radical (unpaired) electrons. The number of nitrogens with zero attached hydrogens (tertiary/aromatic N) is 1. The van der Waals surface area contributed by atoms with Gasteiger partial charge in [0.05, 0.1) is 5.60 Å². The van der Waals surface area contributed by atoms with Crippen LogP contribution in [0.25, 0.3) is 0 Å². The van der Waals surface area contributed by atoms with Crippen molar-refractivity contribution >= 4 is 5.91 Å². The van der Waals surface area contributed by atoms with Gasteiger partial charge in [-0.1, -0.05) is 19.9 Å². The molecule has 1 unspecified atom stereocenters. The van der Waals surface area contributed by atoms with Gasteiger partial charge in [0.1, 0.15) is 5.69 Å². The van der Waals surface area contributed by atoms with Gasteiger partial charge in [-0.3, -0.25) is 4.79 Å². The van der Waals surface area contributed by atoms with Gasteiger partial charge in [-0.25, -0.2) is 4.98 Å². The van der Waals surface area contributed by atoms with E-state index in [0.29, 0.717) is 12.3 Å². The maximum Gasteiger partial charge on any atom is 0.270 e. The summed E-state index contributed by atoms with van der Waals surface area (Å²) in [4.78, 5) is 15.2. The van der Waals surface area contributed by atoms with Crippen molar-refractivity contribution in [1.82, 2.24) is 10.3 Å². The van der Waals surface area contributed by atoms with Gasteiger partial charge in [0.25, 0.3) is 5.91 Å². The van der Waals surface area contributed by atoms with Crippen molar-refractivity contribution in [2.75, 3.05) is 6.54 Å². The molecule has 4 nitrogen and oxygen atoms in total. The molecule has 0 aromatic carbocycles. The summed E-state index contributed by atoms with van der Waals surface area (Å²) in [5.41, 5.74) is -0.965. The molecular formula is C13H19FN2O2. The first-order valence-electron chi connectivity index (χ1n) is 5.93. The first kappa shape index (κ1) is 14.6. The second-order valence-electron chi connectivity index (χ2n) is 5.12. The van der Waals surface area contributed by atoms with Crippen molar-refractivity contribution in [2.45, 2.75) is 32.8 Å². The summed E-state index contributed by atoms with van der Waals surface area (Å²) in [5, 5.41) is 12.6. The van der Waals surface area contributed by atoms with E-state index in [1.165, 1.54) is 18.2 Å². The zero-order valence-corrected chi connectivity index (χ0v) is 10.9. The third-order valence-electron chi connectivity index (χ3n) is 2.43.